The van der Waals surface area contributed by atoms with E-state index in [1.807, 2.05) is 23.1 Å². The van der Waals surface area contributed by atoms with E-state index in [0.29, 0.717) is 0 Å². The van der Waals surface area contributed by atoms with Crippen molar-refractivity contribution in [3.8, 4) is 0 Å². The lowest BCUT2D eigenvalue weighted by Gasteiger charge is -2.28. The molecule has 0 aromatic carbocycles. The Bertz CT molecular complexity index is 263. The molecule has 1 N–H and O–H groups in total. The maximum absolute atomic E-state index is 3.67. The van der Waals surface area contributed by atoms with Crippen LogP contribution in [-0.2, 0) is 6.54 Å². The summed E-state index contributed by atoms with van der Waals surface area (Å²) < 4.78 is 0. The van der Waals surface area contributed by atoms with E-state index in [2.05, 4.69) is 29.1 Å². The normalized spacial score (nSPS) is 26.7. The van der Waals surface area contributed by atoms with Gasteiger partial charge in [-0.15, -0.1) is 11.3 Å². The summed E-state index contributed by atoms with van der Waals surface area (Å²) in [6.07, 6.45) is 7.74. The van der Waals surface area contributed by atoms with Crippen molar-refractivity contribution in [2.24, 2.45) is 0 Å². The molecule has 0 radical (unpaired) electrons. The van der Waals surface area contributed by atoms with Gasteiger partial charge in [-0.05, 0) is 43.4 Å². The van der Waals surface area contributed by atoms with E-state index >= 15 is 0 Å². The summed E-state index contributed by atoms with van der Waals surface area (Å²) in [6.45, 7) is 1.06. The largest absolute Gasteiger partial charge is 0.309 e. The van der Waals surface area contributed by atoms with Crippen molar-refractivity contribution in [1.29, 1.82) is 0 Å². The highest BCUT2D eigenvalue weighted by Gasteiger charge is 2.19. The molecule has 0 spiro atoms. The molecule has 1 nitrogen and oxygen atoms in total. The van der Waals surface area contributed by atoms with Gasteiger partial charge in [-0.2, -0.15) is 11.8 Å². The lowest BCUT2D eigenvalue weighted by molar-refractivity contribution is 0.380. The van der Waals surface area contributed by atoms with Crippen LogP contribution in [0.2, 0.25) is 0 Å². The summed E-state index contributed by atoms with van der Waals surface area (Å²) in [6, 6.07) is 5.10. The zero-order valence-electron chi connectivity index (χ0n) is 9.24. The topological polar surface area (TPSA) is 12.0 Å². The van der Waals surface area contributed by atoms with Crippen LogP contribution in [0.5, 0.6) is 0 Å². The number of thiophene rings is 1. The van der Waals surface area contributed by atoms with Crippen molar-refractivity contribution in [2.45, 2.75) is 43.5 Å². The predicted molar refractivity (Wildman–Crippen MR) is 70.7 cm³/mol. The van der Waals surface area contributed by atoms with Gasteiger partial charge in [-0.1, -0.05) is 6.07 Å². The van der Waals surface area contributed by atoms with Gasteiger partial charge in [-0.25, -0.2) is 0 Å². The number of rotatable bonds is 4. The Morgan fingerprint density at radius 3 is 2.80 bits per heavy atom. The zero-order chi connectivity index (χ0) is 10.5. The SMILES string of the molecule is CSC1CCC(NCc2cccs2)CC1. The first kappa shape index (κ1) is 11.5. The summed E-state index contributed by atoms with van der Waals surface area (Å²) in [4.78, 5) is 1.46. The van der Waals surface area contributed by atoms with Gasteiger partial charge in [0.15, 0.2) is 0 Å². The van der Waals surface area contributed by atoms with E-state index in [9.17, 15) is 0 Å². The van der Waals surface area contributed by atoms with Gasteiger partial charge in [0.2, 0.25) is 0 Å². The second-order valence-corrected chi connectivity index (χ2v) is 6.34. The number of thioether (sulfide) groups is 1. The number of hydrogen-bond acceptors (Lipinski definition) is 3. The first-order chi connectivity index (χ1) is 7.38. The van der Waals surface area contributed by atoms with E-state index < -0.39 is 0 Å². The van der Waals surface area contributed by atoms with Gasteiger partial charge < -0.3 is 5.32 Å². The molecule has 0 unspecified atom stereocenters. The summed E-state index contributed by atoms with van der Waals surface area (Å²) in [7, 11) is 0. The van der Waals surface area contributed by atoms with Crippen molar-refractivity contribution in [3.63, 3.8) is 0 Å². The molecule has 1 fully saturated rings. The average molecular weight is 241 g/mol. The fraction of sp³-hybridized carbons (Fsp3) is 0.667. The van der Waals surface area contributed by atoms with Crippen LogP contribution in [0.3, 0.4) is 0 Å². The quantitative estimate of drug-likeness (QED) is 0.866. The first-order valence-corrected chi connectivity index (χ1v) is 7.84. The molecule has 0 aliphatic heterocycles. The van der Waals surface area contributed by atoms with Crippen molar-refractivity contribution in [2.75, 3.05) is 6.26 Å². The molecule has 1 aliphatic carbocycles. The van der Waals surface area contributed by atoms with Crippen LogP contribution in [0.4, 0.5) is 0 Å². The van der Waals surface area contributed by atoms with Crippen molar-refractivity contribution < 1.29 is 0 Å². The number of nitrogens with one attached hydrogen (secondary N) is 1. The molecule has 1 aliphatic rings. The molecule has 0 amide bonds. The van der Waals surface area contributed by atoms with Gasteiger partial charge in [0.25, 0.3) is 0 Å². The van der Waals surface area contributed by atoms with Gasteiger partial charge in [0.1, 0.15) is 0 Å². The molecule has 2 rings (SSSR count). The van der Waals surface area contributed by atoms with Gasteiger partial charge in [0.05, 0.1) is 0 Å². The maximum atomic E-state index is 3.67. The zero-order valence-corrected chi connectivity index (χ0v) is 10.9. The predicted octanol–water partition coefficient (Wildman–Crippen LogP) is 3.51. The smallest absolute Gasteiger partial charge is 0.0302 e. The molecule has 1 aromatic heterocycles. The molecule has 3 heteroatoms. The molecular weight excluding hydrogens is 222 g/mol. The monoisotopic (exact) mass is 241 g/mol. The highest BCUT2D eigenvalue weighted by Crippen LogP contribution is 2.27. The van der Waals surface area contributed by atoms with Crippen molar-refractivity contribution in [1.82, 2.24) is 5.32 Å². The minimum atomic E-state index is 0.760. The Morgan fingerprint density at radius 1 is 1.40 bits per heavy atom. The Morgan fingerprint density at radius 2 is 2.20 bits per heavy atom. The summed E-state index contributed by atoms with van der Waals surface area (Å²) in [5, 5.41) is 6.75. The Hall–Kier alpha value is 0.01000. The Labute approximate surface area is 101 Å². The summed E-state index contributed by atoms with van der Waals surface area (Å²) in [5.41, 5.74) is 0. The highest BCUT2D eigenvalue weighted by atomic mass is 32.2. The second-order valence-electron chi connectivity index (χ2n) is 4.17. The standard InChI is InChI=1S/C12H19NS2/c1-14-11-6-4-10(5-7-11)13-9-12-3-2-8-15-12/h2-3,8,10-11,13H,4-7,9H2,1H3. The van der Waals surface area contributed by atoms with Crippen LogP contribution in [0.25, 0.3) is 0 Å². The molecule has 0 atom stereocenters. The van der Waals surface area contributed by atoms with E-state index in [1.165, 1.54) is 30.6 Å². The van der Waals surface area contributed by atoms with Crippen LogP contribution in [0.15, 0.2) is 17.5 Å². The highest BCUT2D eigenvalue weighted by molar-refractivity contribution is 7.99. The molecule has 1 heterocycles. The van der Waals surface area contributed by atoms with Crippen molar-refractivity contribution >= 4 is 23.1 Å². The third kappa shape index (κ3) is 3.51. The van der Waals surface area contributed by atoms with Crippen LogP contribution in [-0.4, -0.2) is 17.5 Å². The van der Waals surface area contributed by atoms with E-state index in [1.54, 1.807) is 0 Å². The summed E-state index contributed by atoms with van der Waals surface area (Å²) >= 11 is 3.89. The van der Waals surface area contributed by atoms with Crippen LogP contribution < -0.4 is 5.32 Å². The molecular formula is C12H19NS2. The fourth-order valence-electron chi connectivity index (χ4n) is 2.16. The van der Waals surface area contributed by atoms with Gasteiger partial charge in [-0.3, -0.25) is 0 Å². The summed E-state index contributed by atoms with van der Waals surface area (Å²) in [5.74, 6) is 0. The van der Waals surface area contributed by atoms with Crippen molar-refractivity contribution in [3.05, 3.63) is 22.4 Å². The molecule has 1 aromatic rings. The fourth-order valence-corrected chi connectivity index (χ4v) is 3.56. The molecule has 0 saturated heterocycles. The van der Waals surface area contributed by atoms with E-state index in [-0.39, 0.29) is 0 Å². The molecule has 84 valence electrons. The van der Waals surface area contributed by atoms with E-state index in [4.69, 9.17) is 0 Å². The van der Waals surface area contributed by atoms with Crippen LogP contribution >= 0.6 is 23.1 Å². The lowest BCUT2D eigenvalue weighted by atomic mass is 9.95. The van der Waals surface area contributed by atoms with E-state index in [0.717, 1.165) is 17.8 Å². The molecule has 0 bridgehead atoms. The second kappa shape index (κ2) is 5.92. The van der Waals surface area contributed by atoms with Crippen LogP contribution in [0.1, 0.15) is 30.6 Å². The minimum Gasteiger partial charge on any atom is -0.309 e. The lowest BCUT2D eigenvalue weighted by Crippen LogP contribution is -2.33. The Kier molecular flexibility index (Phi) is 4.54. The first-order valence-electron chi connectivity index (χ1n) is 5.67. The maximum Gasteiger partial charge on any atom is 0.0302 e. The van der Waals surface area contributed by atoms with Gasteiger partial charge in [0, 0.05) is 22.7 Å². The Balaban J connectivity index is 1.69. The third-order valence-corrected chi connectivity index (χ3v) is 5.17. The minimum absolute atomic E-state index is 0.760. The third-order valence-electron chi connectivity index (χ3n) is 3.15. The molecule has 15 heavy (non-hydrogen) atoms. The molecule has 1 saturated carbocycles. The number of hydrogen-bond donors (Lipinski definition) is 1. The van der Waals surface area contributed by atoms with Crippen LogP contribution in [0, 0.1) is 0 Å². The van der Waals surface area contributed by atoms with Gasteiger partial charge >= 0.3 is 0 Å². The average Bonchev–Trinajstić information content (AvgIpc) is 2.80.